The molecule has 1 heterocycles. The van der Waals surface area contributed by atoms with Crippen molar-refractivity contribution in [2.75, 3.05) is 33.2 Å². The number of rotatable bonds is 4. The molecule has 0 spiro atoms. The third-order valence-electron chi connectivity index (χ3n) is 5.76. The first kappa shape index (κ1) is 17.2. The molecule has 3 atom stereocenters. The minimum absolute atomic E-state index is 0.280. The summed E-state index contributed by atoms with van der Waals surface area (Å²) in [6.07, 6.45) is 8.10. The van der Waals surface area contributed by atoms with E-state index in [0.29, 0.717) is 6.04 Å². The van der Waals surface area contributed by atoms with Gasteiger partial charge in [-0.25, -0.2) is 0 Å². The van der Waals surface area contributed by atoms with Crippen molar-refractivity contribution in [3.8, 4) is 0 Å². The molecule has 0 radical (unpaired) electrons. The summed E-state index contributed by atoms with van der Waals surface area (Å²) < 4.78 is 0. The SMILES string of the molecule is CC(C)CC1CCCC(CN)(N2CCCN(C)CC2C)C1. The van der Waals surface area contributed by atoms with Crippen LogP contribution in [-0.2, 0) is 0 Å². The molecule has 1 saturated heterocycles. The molecule has 1 aliphatic heterocycles. The first-order chi connectivity index (χ1) is 9.97. The molecule has 124 valence electrons. The number of hydrogen-bond acceptors (Lipinski definition) is 3. The molecule has 0 bridgehead atoms. The van der Waals surface area contributed by atoms with Gasteiger partial charge in [0.25, 0.3) is 0 Å². The van der Waals surface area contributed by atoms with Gasteiger partial charge in [-0.15, -0.1) is 0 Å². The molecule has 3 heteroatoms. The highest BCUT2D eigenvalue weighted by Gasteiger charge is 2.42. The second kappa shape index (κ2) is 7.43. The van der Waals surface area contributed by atoms with Crippen LogP contribution < -0.4 is 5.73 Å². The maximum absolute atomic E-state index is 6.35. The molecular formula is C18H37N3. The van der Waals surface area contributed by atoms with Gasteiger partial charge in [-0.2, -0.15) is 0 Å². The van der Waals surface area contributed by atoms with E-state index in [2.05, 4.69) is 37.6 Å². The number of nitrogens with zero attached hydrogens (tertiary/aromatic N) is 2. The van der Waals surface area contributed by atoms with Crippen molar-refractivity contribution >= 4 is 0 Å². The smallest absolute Gasteiger partial charge is 0.0337 e. The van der Waals surface area contributed by atoms with Crippen LogP contribution in [-0.4, -0.2) is 54.6 Å². The van der Waals surface area contributed by atoms with Crippen molar-refractivity contribution in [2.24, 2.45) is 17.6 Å². The molecule has 0 aromatic carbocycles. The summed E-state index contributed by atoms with van der Waals surface area (Å²) in [4.78, 5) is 5.28. The molecule has 21 heavy (non-hydrogen) atoms. The molecule has 0 amide bonds. The van der Waals surface area contributed by atoms with Gasteiger partial charge in [-0.3, -0.25) is 4.90 Å². The number of nitrogens with two attached hydrogens (primary N) is 1. The molecule has 2 aliphatic rings. The third-order valence-corrected chi connectivity index (χ3v) is 5.76. The molecule has 0 aromatic rings. The Labute approximate surface area is 132 Å². The summed E-state index contributed by atoms with van der Waals surface area (Å²) in [5, 5.41) is 0. The number of hydrogen-bond donors (Lipinski definition) is 1. The fourth-order valence-corrected chi connectivity index (χ4v) is 4.97. The van der Waals surface area contributed by atoms with Crippen LogP contribution >= 0.6 is 0 Å². The van der Waals surface area contributed by atoms with Crippen molar-refractivity contribution in [3.05, 3.63) is 0 Å². The van der Waals surface area contributed by atoms with Crippen LogP contribution in [0.5, 0.6) is 0 Å². The molecule has 2 N–H and O–H groups in total. The van der Waals surface area contributed by atoms with E-state index < -0.39 is 0 Å². The number of likely N-dealkylation sites (N-methyl/N-ethyl adjacent to an activating group) is 1. The van der Waals surface area contributed by atoms with Crippen molar-refractivity contribution in [3.63, 3.8) is 0 Å². The zero-order valence-electron chi connectivity index (χ0n) is 14.8. The molecule has 1 aliphatic carbocycles. The Kier molecular flexibility index (Phi) is 6.10. The Morgan fingerprint density at radius 1 is 1.24 bits per heavy atom. The van der Waals surface area contributed by atoms with Crippen LogP contribution in [0.3, 0.4) is 0 Å². The van der Waals surface area contributed by atoms with Gasteiger partial charge >= 0.3 is 0 Å². The fraction of sp³-hybridized carbons (Fsp3) is 1.00. The summed E-state index contributed by atoms with van der Waals surface area (Å²) in [5.74, 6) is 1.70. The van der Waals surface area contributed by atoms with E-state index in [-0.39, 0.29) is 5.54 Å². The van der Waals surface area contributed by atoms with E-state index in [1.807, 2.05) is 0 Å². The summed E-state index contributed by atoms with van der Waals surface area (Å²) in [5.41, 5.74) is 6.63. The molecule has 3 nitrogen and oxygen atoms in total. The van der Waals surface area contributed by atoms with Crippen LogP contribution in [0.4, 0.5) is 0 Å². The van der Waals surface area contributed by atoms with E-state index in [1.54, 1.807) is 0 Å². The third kappa shape index (κ3) is 4.20. The predicted octanol–water partition coefficient (Wildman–Crippen LogP) is 2.95. The Hall–Kier alpha value is -0.120. The Morgan fingerprint density at radius 3 is 2.67 bits per heavy atom. The van der Waals surface area contributed by atoms with Gasteiger partial charge in [0, 0.05) is 31.2 Å². The highest BCUT2D eigenvalue weighted by molar-refractivity contribution is 4.99. The monoisotopic (exact) mass is 295 g/mol. The van der Waals surface area contributed by atoms with Crippen LogP contribution in [0.15, 0.2) is 0 Å². The zero-order chi connectivity index (χ0) is 15.5. The van der Waals surface area contributed by atoms with Gasteiger partial charge in [0.2, 0.25) is 0 Å². The van der Waals surface area contributed by atoms with Crippen LogP contribution in [0.1, 0.15) is 59.3 Å². The van der Waals surface area contributed by atoms with Gasteiger partial charge in [0.1, 0.15) is 0 Å². The van der Waals surface area contributed by atoms with Crippen LogP contribution in [0.25, 0.3) is 0 Å². The highest BCUT2D eigenvalue weighted by Crippen LogP contribution is 2.40. The summed E-state index contributed by atoms with van der Waals surface area (Å²) in [7, 11) is 2.26. The molecule has 2 fully saturated rings. The topological polar surface area (TPSA) is 32.5 Å². The molecule has 1 saturated carbocycles. The van der Waals surface area contributed by atoms with Crippen LogP contribution in [0.2, 0.25) is 0 Å². The van der Waals surface area contributed by atoms with Crippen molar-refractivity contribution < 1.29 is 0 Å². The predicted molar refractivity (Wildman–Crippen MR) is 91.5 cm³/mol. The zero-order valence-corrected chi connectivity index (χ0v) is 14.8. The second-order valence-electron chi connectivity index (χ2n) is 8.18. The lowest BCUT2D eigenvalue weighted by Gasteiger charge is -2.50. The van der Waals surface area contributed by atoms with E-state index >= 15 is 0 Å². The van der Waals surface area contributed by atoms with Gasteiger partial charge in [-0.1, -0.05) is 26.7 Å². The Balaban J connectivity index is 2.11. The van der Waals surface area contributed by atoms with Gasteiger partial charge < -0.3 is 10.6 Å². The normalized spacial score (nSPS) is 36.9. The minimum Gasteiger partial charge on any atom is -0.329 e. The van der Waals surface area contributed by atoms with Crippen molar-refractivity contribution in [1.29, 1.82) is 0 Å². The molecule has 2 rings (SSSR count). The Bertz CT molecular complexity index is 318. The van der Waals surface area contributed by atoms with Crippen LogP contribution in [0, 0.1) is 11.8 Å². The standard InChI is InChI=1S/C18H37N3/c1-15(2)11-17-7-5-8-18(12-17,14-19)21-10-6-9-20(4)13-16(21)3/h15-17H,5-14,19H2,1-4H3. The second-order valence-corrected chi connectivity index (χ2v) is 8.18. The lowest BCUT2D eigenvalue weighted by Crippen LogP contribution is -2.60. The summed E-state index contributed by atoms with van der Waals surface area (Å²) in [6, 6.07) is 0.638. The van der Waals surface area contributed by atoms with Crippen molar-refractivity contribution in [2.45, 2.75) is 70.9 Å². The molecular weight excluding hydrogens is 258 g/mol. The maximum atomic E-state index is 6.35. The van der Waals surface area contributed by atoms with E-state index in [9.17, 15) is 0 Å². The summed E-state index contributed by atoms with van der Waals surface area (Å²) >= 11 is 0. The first-order valence-electron chi connectivity index (χ1n) is 9.12. The Morgan fingerprint density at radius 2 is 2.00 bits per heavy atom. The van der Waals surface area contributed by atoms with E-state index in [1.165, 1.54) is 58.2 Å². The van der Waals surface area contributed by atoms with E-state index in [0.717, 1.165) is 18.4 Å². The average molecular weight is 296 g/mol. The van der Waals surface area contributed by atoms with Gasteiger partial charge in [-0.05, 0) is 58.0 Å². The maximum Gasteiger partial charge on any atom is 0.0337 e. The average Bonchev–Trinajstić information content (AvgIpc) is 2.59. The summed E-state index contributed by atoms with van der Waals surface area (Å²) in [6.45, 7) is 11.6. The minimum atomic E-state index is 0.280. The van der Waals surface area contributed by atoms with E-state index in [4.69, 9.17) is 5.73 Å². The van der Waals surface area contributed by atoms with Crippen molar-refractivity contribution in [1.82, 2.24) is 9.80 Å². The highest BCUT2D eigenvalue weighted by atomic mass is 15.3. The lowest BCUT2D eigenvalue weighted by atomic mass is 9.71. The molecule has 3 unspecified atom stereocenters. The quantitative estimate of drug-likeness (QED) is 0.865. The van der Waals surface area contributed by atoms with Gasteiger partial charge in [0.05, 0.1) is 0 Å². The fourth-order valence-electron chi connectivity index (χ4n) is 4.97. The lowest BCUT2D eigenvalue weighted by molar-refractivity contribution is 0.00586. The molecule has 0 aromatic heterocycles. The van der Waals surface area contributed by atoms with Gasteiger partial charge in [0.15, 0.2) is 0 Å². The first-order valence-corrected chi connectivity index (χ1v) is 9.12. The largest absolute Gasteiger partial charge is 0.329 e.